The standard InChI is InChI=1S/C11H14/c1-2-3-4-10-7-9-5-6-11(10)8-9/h2-6,9-11H,1,7-8H2. The molecule has 2 rings (SSSR count). The van der Waals surface area contributed by atoms with Crippen molar-refractivity contribution in [3.8, 4) is 0 Å². The first kappa shape index (κ1) is 6.90. The summed E-state index contributed by atoms with van der Waals surface area (Å²) in [5.74, 6) is 2.54. The van der Waals surface area contributed by atoms with Gasteiger partial charge in [-0.25, -0.2) is 0 Å². The summed E-state index contributed by atoms with van der Waals surface area (Å²) in [4.78, 5) is 0. The van der Waals surface area contributed by atoms with Crippen LogP contribution < -0.4 is 0 Å². The Labute approximate surface area is 68.3 Å². The fourth-order valence-corrected chi connectivity index (χ4v) is 2.27. The van der Waals surface area contributed by atoms with Gasteiger partial charge in [0.05, 0.1) is 0 Å². The number of fused-ring (bicyclic) bond motifs is 2. The van der Waals surface area contributed by atoms with Gasteiger partial charge in [0.1, 0.15) is 0 Å². The Hall–Kier alpha value is -0.780. The third-order valence-corrected chi connectivity index (χ3v) is 2.82. The molecule has 11 heavy (non-hydrogen) atoms. The van der Waals surface area contributed by atoms with Gasteiger partial charge in [-0.1, -0.05) is 37.0 Å². The maximum atomic E-state index is 3.68. The SMILES string of the molecule is C=CC=CC1CC2C=CC1C2. The molecular formula is C11H14. The summed E-state index contributed by atoms with van der Waals surface area (Å²) in [6, 6.07) is 0. The Balaban J connectivity index is 2.03. The predicted octanol–water partition coefficient (Wildman–Crippen LogP) is 2.94. The zero-order chi connectivity index (χ0) is 7.68. The smallest absolute Gasteiger partial charge is 0.0162 e. The third kappa shape index (κ3) is 1.18. The highest BCUT2D eigenvalue weighted by Gasteiger charge is 2.33. The molecule has 2 aliphatic carbocycles. The van der Waals surface area contributed by atoms with Gasteiger partial charge in [0.2, 0.25) is 0 Å². The molecule has 0 N–H and O–H groups in total. The normalized spacial score (nSPS) is 40.5. The maximum absolute atomic E-state index is 3.68. The van der Waals surface area contributed by atoms with Crippen molar-refractivity contribution in [1.29, 1.82) is 0 Å². The second-order valence-electron chi connectivity index (χ2n) is 3.56. The lowest BCUT2D eigenvalue weighted by Gasteiger charge is -2.12. The molecule has 0 spiro atoms. The van der Waals surface area contributed by atoms with Crippen molar-refractivity contribution in [1.82, 2.24) is 0 Å². The molecule has 2 unspecified atom stereocenters. The van der Waals surface area contributed by atoms with E-state index in [0.29, 0.717) is 0 Å². The van der Waals surface area contributed by atoms with Crippen LogP contribution in [0.4, 0.5) is 0 Å². The first-order chi connectivity index (χ1) is 5.40. The number of hydrogen-bond acceptors (Lipinski definition) is 0. The molecule has 0 heterocycles. The molecule has 0 radical (unpaired) electrons. The molecule has 0 aromatic rings. The van der Waals surface area contributed by atoms with Crippen molar-refractivity contribution in [3.63, 3.8) is 0 Å². The van der Waals surface area contributed by atoms with Gasteiger partial charge < -0.3 is 0 Å². The molecule has 0 aromatic heterocycles. The van der Waals surface area contributed by atoms with Crippen molar-refractivity contribution >= 4 is 0 Å². The van der Waals surface area contributed by atoms with Crippen molar-refractivity contribution < 1.29 is 0 Å². The van der Waals surface area contributed by atoms with Crippen LogP contribution in [-0.4, -0.2) is 0 Å². The molecule has 0 heteroatoms. The van der Waals surface area contributed by atoms with Crippen LogP contribution in [0.2, 0.25) is 0 Å². The van der Waals surface area contributed by atoms with Gasteiger partial charge >= 0.3 is 0 Å². The van der Waals surface area contributed by atoms with Gasteiger partial charge in [-0.3, -0.25) is 0 Å². The molecule has 0 amide bonds. The molecule has 2 atom stereocenters. The predicted molar refractivity (Wildman–Crippen MR) is 48.2 cm³/mol. The molecule has 0 saturated heterocycles. The number of hydrogen-bond donors (Lipinski definition) is 0. The Bertz CT molecular complexity index is 210. The van der Waals surface area contributed by atoms with Crippen LogP contribution in [0.1, 0.15) is 12.8 Å². The zero-order valence-corrected chi connectivity index (χ0v) is 6.74. The van der Waals surface area contributed by atoms with E-state index in [1.807, 2.05) is 6.08 Å². The van der Waals surface area contributed by atoms with E-state index in [4.69, 9.17) is 0 Å². The van der Waals surface area contributed by atoms with E-state index < -0.39 is 0 Å². The second-order valence-corrected chi connectivity index (χ2v) is 3.56. The minimum Gasteiger partial charge on any atom is -0.0991 e. The van der Waals surface area contributed by atoms with E-state index in [9.17, 15) is 0 Å². The highest BCUT2D eigenvalue weighted by atomic mass is 14.4. The molecular weight excluding hydrogens is 132 g/mol. The summed E-state index contributed by atoms with van der Waals surface area (Å²) in [7, 11) is 0. The highest BCUT2D eigenvalue weighted by molar-refractivity contribution is 5.15. The van der Waals surface area contributed by atoms with Gasteiger partial charge in [0.25, 0.3) is 0 Å². The molecule has 1 fully saturated rings. The van der Waals surface area contributed by atoms with Crippen LogP contribution in [0.5, 0.6) is 0 Å². The Morgan fingerprint density at radius 2 is 2.18 bits per heavy atom. The van der Waals surface area contributed by atoms with Crippen molar-refractivity contribution in [2.45, 2.75) is 12.8 Å². The molecule has 0 aromatic carbocycles. The maximum Gasteiger partial charge on any atom is -0.0162 e. The lowest BCUT2D eigenvalue weighted by Crippen LogP contribution is -2.02. The molecule has 0 aliphatic heterocycles. The average molecular weight is 146 g/mol. The minimum absolute atomic E-state index is 0.808. The monoisotopic (exact) mass is 146 g/mol. The quantitative estimate of drug-likeness (QED) is 0.415. The Kier molecular flexibility index (Phi) is 1.69. The van der Waals surface area contributed by atoms with E-state index in [1.165, 1.54) is 12.8 Å². The van der Waals surface area contributed by atoms with E-state index in [2.05, 4.69) is 30.9 Å². The largest absolute Gasteiger partial charge is 0.0991 e. The summed E-state index contributed by atoms with van der Waals surface area (Å²) >= 11 is 0. The molecule has 1 saturated carbocycles. The first-order valence-electron chi connectivity index (χ1n) is 4.37. The molecule has 2 bridgehead atoms. The van der Waals surface area contributed by atoms with Crippen molar-refractivity contribution in [3.05, 3.63) is 37.0 Å². The zero-order valence-electron chi connectivity index (χ0n) is 6.74. The van der Waals surface area contributed by atoms with Crippen molar-refractivity contribution in [2.75, 3.05) is 0 Å². The van der Waals surface area contributed by atoms with Crippen LogP contribution in [-0.2, 0) is 0 Å². The summed E-state index contributed by atoms with van der Waals surface area (Å²) < 4.78 is 0. The van der Waals surface area contributed by atoms with Crippen LogP contribution in [0.3, 0.4) is 0 Å². The number of rotatable bonds is 2. The van der Waals surface area contributed by atoms with Crippen LogP contribution in [0.15, 0.2) is 37.0 Å². The molecule has 58 valence electrons. The van der Waals surface area contributed by atoms with Crippen LogP contribution in [0.25, 0.3) is 0 Å². The Morgan fingerprint density at radius 3 is 2.73 bits per heavy atom. The second kappa shape index (κ2) is 2.69. The van der Waals surface area contributed by atoms with Gasteiger partial charge in [0.15, 0.2) is 0 Å². The fraction of sp³-hybridized carbons (Fsp3) is 0.455. The summed E-state index contributed by atoms with van der Waals surface area (Å²) in [5.41, 5.74) is 0. The third-order valence-electron chi connectivity index (χ3n) is 2.82. The van der Waals surface area contributed by atoms with Crippen LogP contribution in [0, 0.1) is 17.8 Å². The van der Waals surface area contributed by atoms with E-state index >= 15 is 0 Å². The van der Waals surface area contributed by atoms with E-state index in [0.717, 1.165) is 17.8 Å². The fourth-order valence-electron chi connectivity index (χ4n) is 2.27. The van der Waals surface area contributed by atoms with Crippen LogP contribution >= 0.6 is 0 Å². The first-order valence-corrected chi connectivity index (χ1v) is 4.37. The Morgan fingerprint density at radius 1 is 1.27 bits per heavy atom. The van der Waals surface area contributed by atoms with Crippen molar-refractivity contribution in [2.24, 2.45) is 17.8 Å². The summed E-state index contributed by atoms with van der Waals surface area (Å²) in [6.45, 7) is 3.68. The lowest BCUT2D eigenvalue weighted by atomic mass is 9.93. The topological polar surface area (TPSA) is 0 Å². The molecule has 0 nitrogen and oxygen atoms in total. The molecule has 2 aliphatic rings. The van der Waals surface area contributed by atoms with E-state index in [-0.39, 0.29) is 0 Å². The van der Waals surface area contributed by atoms with Gasteiger partial charge in [-0.15, -0.1) is 0 Å². The number of allylic oxidation sites excluding steroid dienone is 5. The summed E-state index contributed by atoms with van der Waals surface area (Å²) in [5, 5.41) is 0. The minimum atomic E-state index is 0.808. The summed E-state index contributed by atoms with van der Waals surface area (Å²) in [6.07, 6.45) is 13.8. The van der Waals surface area contributed by atoms with Gasteiger partial charge in [-0.05, 0) is 30.6 Å². The van der Waals surface area contributed by atoms with Gasteiger partial charge in [0, 0.05) is 0 Å². The average Bonchev–Trinajstić information content (AvgIpc) is 2.60. The lowest BCUT2D eigenvalue weighted by molar-refractivity contribution is 0.550. The highest BCUT2D eigenvalue weighted by Crippen LogP contribution is 2.43. The van der Waals surface area contributed by atoms with E-state index in [1.54, 1.807) is 0 Å². The van der Waals surface area contributed by atoms with Gasteiger partial charge in [-0.2, -0.15) is 0 Å².